The van der Waals surface area contributed by atoms with Gasteiger partial charge in [0.2, 0.25) is 5.89 Å². The number of fused-ring (bicyclic) bond motifs is 1. The molecule has 3 aromatic rings. The molecule has 2 N–H and O–H groups in total. The number of rotatable bonds is 4. The van der Waals surface area contributed by atoms with E-state index in [-0.39, 0.29) is 5.91 Å². The molecule has 6 nitrogen and oxygen atoms in total. The third kappa shape index (κ3) is 3.64. The summed E-state index contributed by atoms with van der Waals surface area (Å²) in [6, 6.07) is 11.0. The van der Waals surface area contributed by atoms with Crippen molar-refractivity contribution < 1.29 is 9.21 Å². The molecule has 27 heavy (non-hydrogen) atoms. The van der Waals surface area contributed by atoms with Gasteiger partial charge in [0.25, 0.3) is 5.91 Å². The summed E-state index contributed by atoms with van der Waals surface area (Å²) in [6.07, 6.45) is 10.0. The molecule has 0 saturated heterocycles. The molecule has 0 aliphatic heterocycles. The standard InChI is InChI=1S/C21H18N4O2/c1-22-16-5-2-4-14(7-10-16)20(26)24-17-11-8-15(9-12-17)21-25-19-18(27-21)6-3-13-23-19/h3-13,22H,2H2,1H3,(H,24,26). The molecule has 1 amide bonds. The van der Waals surface area contributed by atoms with Crippen molar-refractivity contribution in [3.05, 3.63) is 78.2 Å². The molecule has 2 heterocycles. The number of allylic oxidation sites excluding steroid dienone is 3. The van der Waals surface area contributed by atoms with Crippen LogP contribution in [-0.4, -0.2) is 22.9 Å². The van der Waals surface area contributed by atoms with Gasteiger partial charge in [-0.05, 0) is 55.0 Å². The Morgan fingerprint density at radius 2 is 1.96 bits per heavy atom. The van der Waals surface area contributed by atoms with E-state index < -0.39 is 0 Å². The number of oxazole rings is 1. The quantitative estimate of drug-likeness (QED) is 0.741. The summed E-state index contributed by atoms with van der Waals surface area (Å²) in [5, 5.41) is 5.99. The molecule has 2 aromatic heterocycles. The van der Waals surface area contributed by atoms with Crippen molar-refractivity contribution >= 4 is 22.8 Å². The number of pyridine rings is 1. The van der Waals surface area contributed by atoms with Gasteiger partial charge in [-0.3, -0.25) is 4.79 Å². The van der Waals surface area contributed by atoms with E-state index in [1.54, 1.807) is 6.20 Å². The number of hydrogen-bond acceptors (Lipinski definition) is 5. The monoisotopic (exact) mass is 358 g/mol. The minimum absolute atomic E-state index is 0.143. The SMILES string of the molecule is CNC1=CCC=C(C(=O)Nc2ccc(-c3nc4ncccc4o3)cc2)C=C1. The lowest BCUT2D eigenvalue weighted by atomic mass is 10.1. The molecular formula is C21H18N4O2. The van der Waals surface area contributed by atoms with Crippen LogP contribution in [0.1, 0.15) is 6.42 Å². The van der Waals surface area contributed by atoms with Gasteiger partial charge in [0.05, 0.1) is 0 Å². The second-order valence-corrected chi connectivity index (χ2v) is 6.01. The molecule has 134 valence electrons. The first kappa shape index (κ1) is 16.8. The Morgan fingerprint density at radius 3 is 2.74 bits per heavy atom. The van der Waals surface area contributed by atoms with E-state index in [2.05, 4.69) is 20.6 Å². The van der Waals surface area contributed by atoms with Crippen LogP contribution in [0.3, 0.4) is 0 Å². The summed E-state index contributed by atoms with van der Waals surface area (Å²) < 4.78 is 5.71. The highest BCUT2D eigenvalue weighted by atomic mass is 16.3. The first-order chi connectivity index (χ1) is 13.2. The summed E-state index contributed by atoms with van der Waals surface area (Å²) in [7, 11) is 1.86. The van der Waals surface area contributed by atoms with Gasteiger partial charge in [-0.1, -0.05) is 12.2 Å². The first-order valence-electron chi connectivity index (χ1n) is 8.62. The number of hydrogen-bond donors (Lipinski definition) is 2. The summed E-state index contributed by atoms with van der Waals surface area (Å²) in [5.74, 6) is 0.359. The van der Waals surface area contributed by atoms with Gasteiger partial charge in [-0.25, -0.2) is 4.98 Å². The molecule has 1 aliphatic carbocycles. The molecule has 0 saturated carbocycles. The highest BCUT2D eigenvalue weighted by molar-refractivity contribution is 6.06. The zero-order valence-electron chi connectivity index (χ0n) is 14.8. The van der Waals surface area contributed by atoms with Gasteiger partial charge in [0, 0.05) is 35.8 Å². The minimum atomic E-state index is -0.143. The number of amides is 1. The molecule has 0 fully saturated rings. The van der Waals surface area contributed by atoms with Gasteiger partial charge in [0.15, 0.2) is 11.2 Å². The maximum atomic E-state index is 12.5. The predicted molar refractivity (Wildman–Crippen MR) is 105 cm³/mol. The van der Waals surface area contributed by atoms with Crippen LogP contribution < -0.4 is 10.6 Å². The average molecular weight is 358 g/mol. The lowest BCUT2D eigenvalue weighted by molar-refractivity contribution is -0.112. The van der Waals surface area contributed by atoms with Crippen molar-refractivity contribution in [3.8, 4) is 11.5 Å². The Morgan fingerprint density at radius 1 is 1.11 bits per heavy atom. The number of aromatic nitrogens is 2. The van der Waals surface area contributed by atoms with Gasteiger partial charge in [-0.2, -0.15) is 4.98 Å². The molecular weight excluding hydrogens is 340 g/mol. The lowest BCUT2D eigenvalue weighted by Crippen LogP contribution is -2.13. The number of carbonyl (C=O) groups excluding carboxylic acids is 1. The Labute approximate surface area is 156 Å². The Hall–Kier alpha value is -3.67. The van der Waals surface area contributed by atoms with Gasteiger partial charge in [0.1, 0.15) is 0 Å². The zero-order chi connectivity index (χ0) is 18.6. The molecule has 6 heteroatoms. The van der Waals surface area contributed by atoms with E-state index in [1.165, 1.54) is 0 Å². The predicted octanol–water partition coefficient (Wildman–Crippen LogP) is 3.82. The second kappa shape index (κ2) is 7.29. The number of anilines is 1. The molecule has 1 aromatic carbocycles. The molecule has 0 bridgehead atoms. The summed E-state index contributed by atoms with van der Waals surface area (Å²) in [6.45, 7) is 0. The fourth-order valence-electron chi connectivity index (χ4n) is 2.77. The van der Waals surface area contributed by atoms with Crippen LogP contribution in [0, 0.1) is 0 Å². The van der Waals surface area contributed by atoms with Crippen molar-refractivity contribution in [2.75, 3.05) is 12.4 Å². The van der Waals surface area contributed by atoms with Crippen molar-refractivity contribution in [1.82, 2.24) is 15.3 Å². The molecule has 4 rings (SSSR count). The van der Waals surface area contributed by atoms with Crippen molar-refractivity contribution in [2.24, 2.45) is 0 Å². The fourth-order valence-corrected chi connectivity index (χ4v) is 2.77. The Kier molecular flexibility index (Phi) is 4.53. The number of nitrogens with zero attached hydrogens (tertiary/aromatic N) is 2. The van der Waals surface area contributed by atoms with Crippen LogP contribution in [0.4, 0.5) is 5.69 Å². The second-order valence-electron chi connectivity index (χ2n) is 6.01. The summed E-state index contributed by atoms with van der Waals surface area (Å²) >= 11 is 0. The van der Waals surface area contributed by atoms with E-state index in [9.17, 15) is 4.79 Å². The van der Waals surface area contributed by atoms with Gasteiger partial charge in [-0.15, -0.1) is 0 Å². The molecule has 0 atom stereocenters. The van der Waals surface area contributed by atoms with E-state index in [1.807, 2.05) is 67.7 Å². The highest BCUT2D eigenvalue weighted by Gasteiger charge is 2.11. The van der Waals surface area contributed by atoms with Gasteiger partial charge < -0.3 is 15.1 Å². The first-order valence-corrected chi connectivity index (χ1v) is 8.62. The maximum absolute atomic E-state index is 12.5. The smallest absolute Gasteiger partial charge is 0.255 e. The molecule has 0 radical (unpaired) electrons. The van der Waals surface area contributed by atoms with Crippen LogP contribution >= 0.6 is 0 Å². The van der Waals surface area contributed by atoms with Crippen molar-refractivity contribution in [1.29, 1.82) is 0 Å². The van der Waals surface area contributed by atoms with Crippen LogP contribution in [0.15, 0.2) is 82.6 Å². The number of benzene rings is 1. The Balaban J connectivity index is 1.48. The van der Waals surface area contributed by atoms with Crippen LogP contribution in [0.2, 0.25) is 0 Å². The molecule has 0 unspecified atom stereocenters. The number of likely N-dealkylation sites (N-methyl/N-ethyl adjacent to an activating group) is 1. The van der Waals surface area contributed by atoms with Crippen molar-refractivity contribution in [2.45, 2.75) is 6.42 Å². The lowest BCUT2D eigenvalue weighted by Gasteiger charge is -2.06. The van der Waals surface area contributed by atoms with Crippen LogP contribution in [-0.2, 0) is 4.79 Å². The highest BCUT2D eigenvalue weighted by Crippen LogP contribution is 2.24. The van der Waals surface area contributed by atoms with E-state index in [0.717, 1.165) is 11.3 Å². The van der Waals surface area contributed by atoms with E-state index >= 15 is 0 Å². The largest absolute Gasteiger partial charge is 0.434 e. The van der Waals surface area contributed by atoms with Crippen molar-refractivity contribution in [3.63, 3.8) is 0 Å². The number of nitrogens with one attached hydrogen (secondary N) is 2. The van der Waals surface area contributed by atoms with E-state index in [4.69, 9.17) is 4.42 Å². The maximum Gasteiger partial charge on any atom is 0.255 e. The third-order valence-electron chi connectivity index (χ3n) is 4.22. The molecule has 1 aliphatic rings. The van der Waals surface area contributed by atoms with Crippen LogP contribution in [0.5, 0.6) is 0 Å². The number of carbonyl (C=O) groups is 1. The molecule has 0 spiro atoms. The summed E-state index contributed by atoms with van der Waals surface area (Å²) in [5.41, 5.74) is 4.37. The zero-order valence-corrected chi connectivity index (χ0v) is 14.8. The fraction of sp³-hybridized carbons (Fsp3) is 0.0952. The van der Waals surface area contributed by atoms with Gasteiger partial charge >= 0.3 is 0 Å². The minimum Gasteiger partial charge on any atom is -0.434 e. The average Bonchev–Trinajstić information content (AvgIpc) is 2.98. The topological polar surface area (TPSA) is 80.0 Å². The third-order valence-corrected chi connectivity index (χ3v) is 4.22. The van der Waals surface area contributed by atoms with Crippen LogP contribution in [0.25, 0.3) is 22.7 Å². The Bertz CT molecular complexity index is 1040. The normalized spacial score (nSPS) is 13.7. The van der Waals surface area contributed by atoms with E-state index in [0.29, 0.717) is 34.8 Å². The summed E-state index contributed by atoms with van der Waals surface area (Å²) in [4.78, 5) is 21.0.